The third-order valence-corrected chi connectivity index (χ3v) is 2.56. The van der Waals surface area contributed by atoms with Crippen LogP contribution in [0.3, 0.4) is 0 Å². The van der Waals surface area contributed by atoms with Gasteiger partial charge in [0.15, 0.2) is 5.78 Å². The van der Waals surface area contributed by atoms with Crippen molar-refractivity contribution in [2.45, 2.75) is 6.92 Å². The summed E-state index contributed by atoms with van der Waals surface area (Å²) in [6.07, 6.45) is 2.54. The van der Waals surface area contributed by atoms with Crippen molar-refractivity contribution in [1.29, 1.82) is 0 Å². The fourth-order valence-electron chi connectivity index (χ4n) is 0.796. The lowest BCUT2D eigenvalue weighted by atomic mass is 10.2. The maximum atomic E-state index is 11.2. The molecule has 0 spiro atoms. The fraction of sp³-hybridized carbons (Fsp3) is 0.286. The molecule has 0 fully saturated rings. The van der Waals surface area contributed by atoms with Gasteiger partial charge in [-0.05, 0) is 6.92 Å². The molecule has 0 amide bonds. The van der Waals surface area contributed by atoms with Gasteiger partial charge in [-0.1, -0.05) is 0 Å². The second-order valence-electron chi connectivity index (χ2n) is 2.57. The highest BCUT2D eigenvalue weighted by molar-refractivity contribution is 7.99. The molecule has 4 nitrogen and oxygen atoms in total. The zero-order chi connectivity index (χ0) is 9.35. The molecule has 0 aromatic rings. The van der Waals surface area contributed by atoms with Gasteiger partial charge in [-0.25, -0.2) is 8.61 Å². The van der Waals surface area contributed by atoms with Crippen molar-refractivity contribution in [3.63, 3.8) is 0 Å². The van der Waals surface area contributed by atoms with Crippen molar-refractivity contribution in [2.24, 2.45) is 4.40 Å². The molecule has 1 N–H and O–H groups in total. The van der Waals surface area contributed by atoms with E-state index in [4.69, 9.17) is 0 Å². The molecule has 0 radical (unpaired) electrons. The second kappa shape index (κ2) is 2.75. The van der Waals surface area contributed by atoms with Crippen LogP contribution in [0.4, 0.5) is 0 Å². The highest BCUT2D eigenvalue weighted by Crippen LogP contribution is 2.06. The maximum absolute atomic E-state index is 11.2. The lowest BCUT2D eigenvalue weighted by molar-refractivity contribution is -0.113. The average Bonchev–Trinajstić information content (AvgIpc) is 1.83. The lowest BCUT2D eigenvalue weighted by Gasteiger charge is -2.06. The zero-order valence-electron chi connectivity index (χ0n) is 6.77. The number of carbonyl (C=O) groups excluding carboxylic acids is 1. The van der Waals surface area contributed by atoms with Crippen LogP contribution in [0, 0.1) is 0 Å². The number of aliphatic hydroxyl groups is 1. The van der Waals surface area contributed by atoms with Gasteiger partial charge in [0.2, 0.25) is 0 Å². The van der Waals surface area contributed by atoms with Gasteiger partial charge in [-0.15, -0.1) is 0 Å². The zero-order valence-corrected chi connectivity index (χ0v) is 7.59. The smallest absolute Gasteiger partial charge is 0.165 e. The summed E-state index contributed by atoms with van der Waals surface area (Å²) in [6.45, 7) is 1.31. The highest BCUT2D eigenvalue weighted by Gasteiger charge is 2.13. The number of hydrogen-bond donors (Lipinski definition) is 1. The Morgan fingerprint density at radius 1 is 1.67 bits per heavy atom. The van der Waals surface area contributed by atoms with Gasteiger partial charge < -0.3 is 5.11 Å². The van der Waals surface area contributed by atoms with Crippen LogP contribution in [0.15, 0.2) is 15.7 Å². The number of nitrogens with zero attached hydrogens (tertiary/aromatic N) is 1. The molecule has 1 rings (SSSR count). The molecule has 66 valence electrons. The molecule has 0 saturated heterocycles. The Labute approximate surface area is 70.8 Å². The molecule has 1 aliphatic rings. The molecule has 12 heavy (non-hydrogen) atoms. The largest absolute Gasteiger partial charge is 0.506 e. The van der Waals surface area contributed by atoms with Gasteiger partial charge in [0.25, 0.3) is 0 Å². The predicted molar refractivity (Wildman–Crippen MR) is 49.0 cm³/mol. The van der Waals surface area contributed by atoms with Gasteiger partial charge in [0, 0.05) is 6.26 Å². The van der Waals surface area contributed by atoms with Gasteiger partial charge in [-0.3, -0.25) is 4.79 Å². The summed E-state index contributed by atoms with van der Waals surface area (Å²) in [4.78, 5) is 10.8. The molecule has 0 bridgehead atoms. The van der Waals surface area contributed by atoms with E-state index >= 15 is 0 Å². The molecule has 0 aromatic heterocycles. The van der Waals surface area contributed by atoms with Crippen molar-refractivity contribution in [3.8, 4) is 0 Å². The second-order valence-corrected chi connectivity index (χ2v) is 4.74. The average molecular weight is 187 g/mol. The third-order valence-electron chi connectivity index (χ3n) is 1.38. The van der Waals surface area contributed by atoms with Gasteiger partial charge in [0.1, 0.15) is 5.76 Å². The molecule has 0 aliphatic carbocycles. The van der Waals surface area contributed by atoms with Crippen LogP contribution in [0.25, 0.3) is 0 Å². The molecule has 1 atom stereocenters. The molecular formula is C7H9NO3S. The molecule has 0 aromatic carbocycles. The Bertz CT molecular complexity index is 397. The summed E-state index contributed by atoms with van der Waals surface area (Å²) < 4.78 is 14.8. The Hall–Kier alpha value is -1.10. The minimum atomic E-state index is -2.46. The topological polar surface area (TPSA) is 66.7 Å². The summed E-state index contributed by atoms with van der Waals surface area (Å²) in [5.41, 5.74) is 0.107. The van der Waals surface area contributed by atoms with E-state index in [2.05, 4.69) is 4.40 Å². The van der Waals surface area contributed by atoms with E-state index in [-0.39, 0.29) is 17.1 Å². The quantitative estimate of drug-likeness (QED) is 0.592. The van der Waals surface area contributed by atoms with Crippen LogP contribution in [0.5, 0.6) is 0 Å². The number of allylic oxidation sites excluding steroid dienone is 2. The van der Waals surface area contributed by atoms with E-state index in [1.165, 1.54) is 13.2 Å². The van der Waals surface area contributed by atoms with E-state index in [1.807, 2.05) is 0 Å². The number of hydrogen-bond acceptors (Lipinski definition) is 3. The fourth-order valence-corrected chi connectivity index (χ4v) is 1.71. The Morgan fingerprint density at radius 2 is 2.25 bits per heavy atom. The number of Topliss-reactive ketones (excluding diaryl/α,β-unsaturated/α-hetero) is 1. The van der Waals surface area contributed by atoms with Crippen molar-refractivity contribution in [3.05, 3.63) is 11.3 Å². The first-order chi connectivity index (χ1) is 5.42. The van der Waals surface area contributed by atoms with Crippen LogP contribution >= 0.6 is 0 Å². The molecule has 0 saturated carbocycles. The SMILES string of the molecule is CC(=O)C1=C(O)C=S(C)(=O)N=C1. The van der Waals surface area contributed by atoms with E-state index in [0.29, 0.717) is 0 Å². The van der Waals surface area contributed by atoms with Crippen LogP contribution in [0.2, 0.25) is 0 Å². The maximum Gasteiger partial charge on any atom is 0.165 e. The minimum Gasteiger partial charge on any atom is -0.506 e. The van der Waals surface area contributed by atoms with Gasteiger partial charge >= 0.3 is 0 Å². The van der Waals surface area contributed by atoms with E-state index in [9.17, 15) is 14.1 Å². The van der Waals surface area contributed by atoms with E-state index < -0.39 is 9.71 Å². The highest BCUT2D eigenvalue weighted by atomic mass is 32.2. The van der Waals surface area contributed by atoms with E-state index in [1.54, 1.807) is 0 Å². The van der Waals surface area contributed by atoms with Crippen LogP contribution in [-0.2, 0) is 14.5 Å². The molecule has 1 unspecified atom stereocenters. The number of carbonyl (C=O) groups is 1. The standard InChI is InChI=1S/C7H9NO3S/c1-5(9)6-3-8-12(2,11)4-7(6)10/h3-4,10H,1-2H3. The summed E-state index contributed by atoms with van der Waals surface area (Å²) in [5, 5.41) is 10.3. The first kappa shape index (κ1) is 8.99. The normalized spacial score (nSPS) is 28.5. The molecule has 5 heteroatoms. The Balaban J connectivity index is 3.29. The predicted octanol–water partition coefficient (Wildman–Crippen LogP) is 0.103. The number of ketones is 1. The van der Waals surface area contributed by atoms with Crippen molar-refractivity contribution in [1.82, 2.24) is 0 Å². The minimum absolute atomic E-state index is 0.107. The summed E-state index contributed by atoms with van der Waals surface area (Å²) in [6, 6.07) is 0. The molecular weight excluding hydrogens is 178 g/mol. The molecule has 1 aliphatic heterocycles. The first-order valence-electron chi connectivity index (χ1n) is 3.26. The summed E-state index contributed by atoms with van der Waals surface area (Å²) in [5.74, 6) is -0.535. The Kier molecular flexibility index (Phi) is 2.06. The van der Waals surface area contributed by atoms with Crippen molar-refractivity contribution < 1.29 is 14.1 Å². The van der Waals surface area contributed by atoms with Crippen LogP contribution < -0.4 is 0 Å². The summed E-state index contributed by atoms with van der Waals surface area (Å²) in [7, 11) is -2.46. The Morgan fingerprint density at radius 3 is 2.67 bits per heavy atom. The summed E-state index contributed by atoms with van der Waals surface area (Å²) >= 11 is 0. The monoisotopic (exact) mass is 187 g/mol. The van der Waals surface area contributed by atoms with E-state index in [0.717, 1.165) is 11.6 Å². The van der Waals surface area contributed by atoms with Crippen LogP contribution in [-0.4, -0.2) is 32.9 Å². The number of rotatable bonds is 1. The van der Waals surface area contributed by atoms with Crippen LogP contribution in [0.1, 0.15) is 6.92 Å². The number of aliphatic hydroxyl groups excluding tert-OH is 1. The lowest BCUT2D eigenvalue weighted by Crippen LogP contribution is -2.13. The van der Waals surface area contributed by atoms with Gasteiger partial charge in [0.05, 0.1) is 26.9 Å². The first-order valence-corrected chi connectivity index (χ1v) is 5.24. The van der Waals surface area contributed by atoms with Gasteiger partial charge in [-0.2, -0.15) is 0 Å². The van der Waals surface area contributed by atoms with Crippen molar-refractivity contribution in [2.75, 3.05) is 6.26 Å². The molecule has 1 heterocycles. The third kappa shape index (κ3) is 1.73. The van der Waals surface area contributed by atoms with Crippen molar-refractivity contribution >= 4 is 27.1 Å².